The summed E-state index contributed by atoms with van der Waals surface area (Å²) in [5.41, 5.74) is 1.98. The minimum atomic E-state index is -0.572. The number of fused-ring (bicyclic) bond motifs is 2. The predicted octanol–water partition coefficient (Wildman–Crippen LogP) is 2.91. The molecule has 1 N–H and O–H groups in total. The number of amides is 2. The van der Waals surface area contributed by atoms with E-state index < -0.39 is 5.41 Å². The first-order chi connectivity index (χ1) is 15.1. The molecule has 3 heterocycles. The van der Waals surface area contributed by atoms with Gasteiger partial charge in [0.05, 0.1) is 5.41 Å². The lowest BCUT2D eigenvalue weighted by Gasteiger charge is -2.38. The first-order valence-electron chi connectivity index (χ1n) is 11.3. The fourth-order valence-corrected chi connectivity index (χ4v) is 5.48. The first-order valence-corrected chi connectivity index (χ1v) is 11.3. The van der Waals surface area contributed by atoms with E-state index >= 15 is 0 Å². The number of nitrogens with one attached hydrogen (secondary N) is 1. The van der Waals surface area contributed by atoms with E-state index in [1.807, 2.05) is 25.2 Å². The van der Waals surface area contributed by atoms with Crippen molar-refractivity contribution in [1.82, 2.24) is 15.3 Å². The molecule has 0 radical (unpaired) electrons. The summed E-state index contributed by atoms with van der Waals surface area (Å²) in [7, 11) is 1.84. The van der Waals surface area contributed by atoms with Gasteiger partial charge in [0.25, 0.3) is 5.91 Å². The van der Waals surface area contributed by atoms with Crippen LogP contribution in [0.4, 0.5) is 11.6 Å². The van der Waals surface area contributed by atoms with Crippen LogP contribution in [0.1, 0.15) is 54.4 Å². The summed E-state index contributed by atoms with van der Waals surface area (Å²) in [4.78, 5) is 38.8. The van der Waals surface area contributed by atoms with E-state index in [4.69, 9.17) is 0 Å². The monoisotopic (exact) mass is 419 g/mol. The topological polar surface area (TPSA) is 78.4 Å². The Labute approximate surface area is 182 Å². The SMILES string of the molecule is CN1C(=O)C2(CCN(c3ncccn3)CC2)c2cc(C(=O)NCC3CCCC3)ccc21. The van der Waals surface area contributed by atoms with Crippen molar-refractivity contribution in [3.63, 3.8) is 0 Å². The number of benzene rings is 1. The highest BCUT2D eigenvalue weighted by Crippen LogP contribution is 2.48. The summed E-state index contributed by atoms with van der Waals surface area (Å²) < 4.78 is 0. The van der Waals surface area contributed by atoms with Gasteiger partial charge in [0.15, 0.2) is 0 Å². The average molecular weight is 420 g/mol. The number of hydrogen-bond acceptors (Lipinski definition) is 5. The van der Waals surface area contributed by atoms with Crippen LogP contribution < -0.4 is 15.1 Å². The van der Waals surface area contributed by atoms with Crippen molar-refractivity contribution in [2.24, 2.45) is 5.92 Å². The Kier molecular flexibility index (Phi) is 5.12. The predicted molar refractivity (Wildman–Crippen MR) is 119 cm³/mol. The summed E-state index contributed by atoms with van der Waals surface area (Å²) in [6, 6.07) is 7.53. The molecule has 1 aliphatic carbocycles. The molecular formula is C24H29N5O2. The first kappa shape index (κ1) is 20.0. The van der Waals surface area contributed by atoms with Crippen LogP contribution in [0.25, 0.3) is 0 Å². The highest BCUT2D eigenvalue weighted by Gasteiger charge is 2.51. The molecule has 2 aliphatic heterocycles. The maximum absolute atomic E-state index is 13.3. The molecule has 0 atom stereocenters. The van der Waals surface area contributed by atoms with Crippen LogP contribution in [-0.2, 0) is 10.2 Å². The highest BCUT2D eigenvalue weighted by molar-refractivity contribution is 6.09. The van der Waals surface area contributed by atoms with Crippen LogP contribution in [-0.4, -0.2) is 48.5 Å². The molecule has 1 saturated carbocycles. The Morgan fingerprint density at radius 3 is 2.58 bits per heavy atom. The van der Waals surface area contributed by atoms with E-state index in [1.54, 1.807) is 23.4 Å². The second-order valence-corrected chi connectivity index (χ2v) is 9.07. The molecule has 2 aromatic rings. The fraction of sp³-hybridized carbons (Fsp3) is 0.500. The maximum Gasteiger partial charge on any atom is 0.251 e. The number of carbonyl (C=O) groups excluding carboxylic acids is 2. The average Bonchev–Trinajstić information content (AvgIpc) is 3.41. The smallest absolute Gasteiger partial charge is 0.251 e. The number of carbonyl (C=O) groups is 2. The van der Waals surface area contributed by atoms with Gasteiger partial charge < -0.3 is 15.1 Å². The number of hydrogen-bond donors (Lipinski definition) is 1. The van der Waals surface area contributed by atoms with Crippen LogP contribution in [0.2, 0.25) is 0 Å². The molecule has 1 aromatic carbocycles. The third kappa shape index (κ3) is 3.46. The molecule has 2 amide bonds. The van der Waals surface area contributed by atoms with E-state index in [-0.39, 0.29) is 11.8 Å². The van der Waals surface area contributed by atoms with E-state index in [9.17, 15) is 9.59 Å². The molecule has 1 aromatic heterocycles. The molecule has 7 heteroatoms. The van der Waals surface area contributed by atoms with Crippen molar-refractivity contribution in [1.29, 1.82) is 0 Å². The fourth-order valence-electron chi connectivity index (χ4n) is 5.48. The third-order valence-electron chi connectivity index (χ3n) is 7.33. The number of anilines is 2. The van der Waals surface area contributed by atoms with Crippen molar-refractivity contribution in [2.75, 3.05) is 36.5 Å². The molecule has 162 valence electrons. The van der Waals surface area contributed by atoms with Crippen molar-refractivity contribution in [2.45, 2.75) is 43.9 Å². The van der Waals surface area contributed by atoms with Crippen molar-refractivity contribution >= 4 is 23.5 Å². The maximum atomic E-state index is 13.3. The Bertz CT molecular complexity index is 979. The Hall–Kier alpha value is -2.96. The lowest BCUT2D eigenvalue weighted by molar-refractivity contribution is -0.123. The van der Waals surface area contributed by atoms with Crippen LogP contribution in [0.3, 0.4) is 0 Å². The lowest BCUT2D eigenvalue weighted by Crippen LogP contribution is -2.48. The number of rotatable bonds is 4. The van der Waals surface area contributed by atoms with Gasteiger partial charge >= 0.3 is 0 Å². The minimum Gasteiger partial charge on any atom is -0.352 e. The summed E-state index contributed by atoms with van der Waals surface area (Å²) in [6.07, 6.45) is 9.80. The van der Waals surface area contributed by atoms with Gasteiger partial charge in [0.2, 0.25) is 11.9 Å². The van der Waals surface area contributed by atoms with Crippen LogP contribution in [0.5, 0.6) is 0 Å². The molecule has 1 saturated heterocycles. The molecule has 1 spiro atoms. The Balaban J connectivity index is 1.36. The molecule has 0 unspecified atom stereocenters. The Morgan fingerprint density at radius 2 is 1.87 bits per heavy atom. The van der Waals surface area contributed by atoms with Gasteiger partial charge in [-0.15, -0.1) is 0 Å². The zero-order chi connectivity index (χ0) is 21.4. The second-order valence-electron chi connectivity index (χ2n) is 9.07. The molecule has 7 nitrogen and oxygen atoms in total. The zero-order valence-electron chi connectivity index (χ0n) is 18.0. The zero-order valence-corrected chi connectivity index (χ0v) is 18.0. The molecule has 2 fully saturated rings. The second kappa shape index (κ2) is 7.94. The van der Waals surface area contributed by atoms with Crippen molar-refractivity contribution in [3.8, 4) is 0 Å². The van der Waals surface area contributed by atoms with Gasteiger partial charge in [-0.2, -0.15) is 0 Å². The number of piperidine rings is 1. The number of likely N-dealkylation sites (N-methyl/N-ethyl adjacent to an activating group) is 1. The highest BCUT2D eigenvalue weighted by atomic mass is 16.2. The van der Waals surface area contributed by atoms with Gasteiger partial charge in [-0.1, -0.05) is 12.8 Å². The van der Waals surface area contributed by atoms with Gasteiger partial charge in [-0.25, -0.2) is 9.97 Å². The van der Waals surface area contributed by atoms with E-state index in [2.05, 4.69) is 20.2 Å². The number of aromatic nitrogens is 2. The summed E-state index contributed by atoms with van der Waals surface area (Å²) >= 11 is 0. The quantitative estimate of drug-likeness (QED) is 0.824. The summed E-state index contributed by atoms with van der Waals surface area (Å²) in [5, 5.41) is 3.11. The van der Waals surface area contributed by atoms with E-state index in [0.29, 0.717) is 43.4 Å². The van der Waals surface area contributed by atoms with Gasteiger partial charge in [-0.3, -0.25) is 9.59 Å². The van der Waals surface area contributed by atoms with Crippen LogP contribution in [0.15, 0.2) is 36.7 Å². The van der Waals surface area contributed by atoms with E-state index in [1.165, 1.54) is 25.7 Å². The molecule has 5 rings (SSSR count). The standard InChI is InChI=1S/C24H29N5O2/c1-28-20-8-7-18(21(30)27-16-17-5-2-3-6-17)15-19(20)24(22(28)31)9-13-29(14-10-24)23-25-11-4-12-26-23/h4,7-8,11-12,15,17H,2-3,5-6,9-10,13-14,16H2,1H3,(H,27,30). The molecule has 3 aliphatic rings. The molecular weight excluding hydrogens is 390 g/mol. The van der Waals surface area contributed by atoms with Gasteiger partial charge in [-0.05, 0) is 61.4 Å². The largest absolute Gasteiger partial charge is 0.352 e. The summed E-state index contributed by atoms with van der Waals surface area (Å²) in [5.74, 6) is 1.39. The number of nitrogens with zero attached hydrogens (tertiary/aromatic N) is 4. The molecule has 31 heavy (non-hydrogen) atoms. The third-order valence-corrected chi connectivity index (χ3v) is 7.33. The van der Waals surface area contributed by atoms with Crippen LogP contribution in [0, 0.1) is 5.92 Å². The minimum absolute atomic E-state index is 0.0398. The lowest BCUT2D eigenvalue weighted by atomic mass is 9.73. The van der Waals surface area contributed by atoms with Crippen molar-refractivity contribution < 1.29 is 9.59 Å². The van der Waals surface area contributed by atoms with Gasteiger partial charge in [0.1, 0.15) is 0 Å². The summed E-state index contributed by atoms with van der Waals surface area (Å²) in [6.45, 7) is 2.16. The molecule has 0 bridgehead atoms. The van der Waals surface area contributed by atoms with Gasteiger partial charge in [0, 0.05) is 50.3 Å². The Morgan fingerprint density at radius 1 is 1.16 bits per heavy atom. The van der Waals surface area contributed by atoms with E-state index in [0.717, 1.165) is 17.8 Å². The van der Waals surface area contributed by atoms with Crippen LogP contribution >= 0.6 is 0 Å². The van der Waals surface area contributed by atoms with Crippen molar-refractivity contribution in [3.05, 3.63) is 47.8 Å². The normalized spacial score (nSPS) is 20.4.